The average Bonchev–Trinajstić information content (AvgIpc) is 2.74. The van der Waals surface area contributed by atoms with E-state index in [1.807, 2.05) is 0 Å². The van der Waals surface area contributed by atoms with Crippen molar-refractivity contribution in [1.82, 2.24) is 5.32 Å². The van der Waals surface area contributed by atoms with Crippen LogP contribution in [0, 0.1) is 0 Å². The highest BCUT2D eigenvalue weighted by atomic mass is 79.9. The Hall–Kier alpha value is -0.550. The van der Waals surface area contributed by atoms with Gasteiger partial charge in [0, 0.05) is 6.04 Å². The highest BCUT2D eigenvalue weighted by molar-refractivity contribution is 9.11. The van der Waals surface area contributed by atoms with E-state index in [0.717, 1.165) is 3.79 Å². The van der Waals surface area contributed by atoms with Crippen LogP contribution in [0.2, 0.25) is 0 Å². The number of halogens is 1. The van der Waals surface area contributed by atoms with Crippen LogP contribution in [-0.2, 0) is 6.54 Å². The lowest BCUT2D eigenvalue weighted by Gasteiger charge is -2.23. The molecule has 1 heterocycles. The minimum Gasteiger partial charge on any atom is -0.370 e. The first-order valence-corrected chi connectivity index (χ1v) is 7.70. The normalized spacial score (nSPS) is 18.3. The summed E-state index contributed by atoms with van der Waals surface area (Å²) in [5.41, 5.74) is 7.09. The van der Waals surface area contributed by atoms with Crippen molar-refractivity contribution in [1.29, 1.82) is 0 Å². The van der Waals surface area contributed by atoms with E-state index in [9.17, 15) is 0 Å². The number of nitrogens with two attached hydrogens (primary N) is 1. The molecule has 2 rings (SSSR count). The van der Waals surface area contributed by atoms with Crippen molar-refractivity contribution >= 4 is 33.2 Å². The van der Waals surface area contributed by atoms with Crippen LogP contribution in [0.3, 0.4) is 0 Å². The van der Waals surface area contributed by atoms with Crippen LogP contribution in [0.4, 0.5) is 0 Å². The lowest BCUT2D eigenvalue weighted by Crippen LogP contribution is -2.41. The number of nitrogens with one attached hydrogen (secondary N) is 1. The van der Waals surface area contributed by atoms with Gasteiger partial charge in [-0.3, -0.25) is 0 Å². The number of nitrogens with zero attached hydrogens (tertiary/aromatic N) is 1. The zero-order valence-electron chi connectivity index (χ0n) is 9.79. The Kier molecular flexibility index (Phi) is 4.86. The molecule has 0 saturated heterocycles. The molecule has 1 fully saturated rings. The molecular weight excluding hydrogens is 298 g/mol. The quantitative estimate of drug-likeness (QED) is 0.664. The van der Waals surface area contributed by atoms with Gasteiger partial charge in [0.2, 0.25) is 0 Å². The maximum Gasteiger partial charge on any atom is 0.189 e. The van der Waals surface area contributed by atoms with E-state index >= 15 is 0 Å². The molecule has 1 aromatic heterocycles. The van der Waals surface area contributed by atoms with E-state index in [1.165, 1.54) is 37.7 Å². The second-order valence-corrected chi connectivity index (χ2v) is 6.73. The third-order valence-electron chi connectivity index (χ3n) is 3.01. The summed E-state index contributed by atoms with van der Waals surface area (Å²) in [6.45, 7) is 0.660. The average molecular weight is 316 g/mol. The van der Waals surface area contributed by atoms with Gasteiger partial charge in [-0.2, -0.15) is 0 Å². The van der Waals surface area contributed by atoms with Crippen LogP contribution in [0.5, 0.6) is 0 Å². The molecule has 1 aliphatic rings. The molecule has 0 atom stereocenters. The van der Waals surface area contributed by atoms with Crippen LogP contribution in [0.15, 0.2) is 20.2 Å². The fourth-order valence-electron chi connectivity index (χ4n) is 2.11. The van der Waals surface area contributed by atoms with Gasteiger partial charge in [-0.05, 0) is 45.8 Å². The molecule has 3 nitrogen and oxygen atoms in total. The van der Waals surface area contributed by atoms with Crippen LogP contribution in [-0.4, -0.2) is 12.0 Å². The molecule has 0 unspecified atom stereocenters. The molecule has 0 bridgehead atoms. The summed E-state index contributed by atoms with van der Waals surface area (Å²) in [6.07, 6.45) is 6.42. The Morgan fingerprint density at radius 2 is 2.24 bits per heavy atom. The van der Waals surface area contributed by atoms with Crippen molar-refractivity contribution in [2.24, 2.45) is 10.7 Å². The van der Waals surface area contributed by atoms with E-state index in [-0.39, 0.29) is 0 Å². The molecule has 0 aromatic carbocycles. The number of hydrogen-bond acceptors (Lipinski definition) is 2. The minimum absolute atomic E-state index is 0.529. The molecule has 0 aliphatic heterocycles. The van der Waals surface area contributed by atoms with Gasteiger partial charge in [0.1, 0.15) is 0 Å². The van der Waals surface area contributed by atoms with Crippen LogP contribution >= 0.6 is 27.3 Å². The standard InChI is InChI=1S/C12H18BrN3S/c13-11-6-9(8-17-11)7-15-12(14)16-10-4-2-1-3-5-10/h6,8,10H,1-5,7H2,(H3,14,15,16). The van der Waals surface area contributed by atoms with Crippen LogP contribution < -0.4 is 11.1 Å². The van der Waals surface area contributed by atoms with Crippen LogP contribution in [0.25, 0.3) is 0 Å². The second kappa shape index (κ2) is 6.40. The Labute approximate surface area is 115 Å². The summed E-state index contributed by atoms with van der Waals surface area (Å²) >= 11 is 5.12. The van der Waals surface area contributed by atoms with E-state index in [2.05, 4.69) is 37.7 Å². The van der Waals surface area contributed by atoms with Crippen molar-refractivity contribution in [2.45, 2.75) is 44.7 Å². The molecule has 1 aliphatic carbocycles. The first-order chi connectivity index (χ1) is 8.24. The fourth-order valence-corrected chi connectivity index (χ4v) is 3.31. The Morgan fingerprint density at radius 1 is 1.47 bits per heavy atom. The molecule has 5 heteroatoms. The second-order valence-electron chi connectivity index (χ2n) is 4.44. The monoisotopic (exact) mass is 315 g/mol. The maximum absolute atomic E-state index is 5.89. The van der Waals surface area contributed by atoms with Gasteiger partial charge in [0.05, 0.1) is 10.3 Å². The zero-order valence-corrected chi connectivity index (χ0v) is 12.2. The van der Waals surface area contributed by atoms with Gasteiger partial charge in [0.15, 0.2) is 5.96 Å². The van der Waals surface area contributed by atoms with Gasteiger partial charge < -0.3 is 11.1 Å². The number of guanidine groups is 1. The molecule has 0 spiro atoms. The molecule has 0 amide bonds. The van der Waals surface area contributed by atoms with Gasteiger partial charge in [-0.15, -0.1) is 11.3 Å². The van der Waals surface area contributed by atoms with Crippen molar-refractivity contribution in [3.63, 3.8) is 0 Å². The molecule has 0 radical (unpaired) electrons. The fraction of sp³-hybridized carbons (Fsp3) is 0.583. The first-order valence-electron chi connectivity index (χ1n) is 6.03. The van der Waals surface area contributed by atoms with Crippen LogP contribution in [0.1, 0.15) is 37.7 Å². The summed E-state index contributed by atoms with van der Waals surface area (Å²) < 4.78 is 1.14. The molecule has 94 valence electrons. The first kappa shape index (κ1) is 12.9. The summed E-state index contributed by atoms with van der Waals surface area (Å²) in [7, 11) is 0. The van der Waals surface area contributed by atoms with E-state index in [0.29, 0.717) is 18.5 Å². The van der Waals surface area contributed by atoms with E-state index < -0.39 is 0 Å². The molecule has 3 N–H and O–H groups in total. The largest absolute Gasteiger partial charge is 0.370 e. The van der Waals surface area contributed by atoms with Gasteiger partial charge >= 0.3 is 0 Å². The van der Waals surface area contributed by atoms with Gasteiger partial charge in [0.25, 0.3) is 0 Å². The smallest absolute Gasteiger partial charge is 0.189 e. The summed E-state index contributed by atoms with van der Waals surface area (Å²) in [5.74, 6) is 0.583. The summed E-state index contributed by atoms with van der Waals surface area (Å²) in [4.78, 5) is 4.37. The third kappa shape index (κ3) is 4.32. The molecule has 1 saturated carbocycles. The Morgan fingerprint density at radius 3 is 2.88 bits per heavy atom. The number of rotatable bonds is 3. The Bertz CT molecular complexity index is 383. The zero-order chi connectivity index (χ0) is 12.1. The van der Waals surface area contributed by atoms with E-state index in [4.69, 9.17) is 5.73 Å². The predicted molar refractivity (Wildman–Crippen MR) is 77.4 cm³/mol. The highest BCUT2D eigenvalue weighted by Crippen LogP contribution is 2.21. The molecule has 1 aromatic rings. The van der Waals surface area contributed by atoms with Crippen molar-refractivity contribution in [3.05, 3.63) is 20.8 Å². The number of aliphatic imine (C=N–C) groups is 1. The SMILES string of the molecule is NC(=NCc1csc(Br)c1)NC1CCCCC1. The molecule has 17 heavy (non-hydrogen) atoms. The predicted octanol–water partition coefficient (Wildman–Crippen LogP) is 3.25. The lowest BCUT2D eigenvalue weighted by molar-refractivity contribution is 0.412. The van der Waals surface area contributed by atoms with Crippen molar-refractivity contribution in [3.8, 4) is 0 Å². The summed E-state index contributed by atoms with van der Waals surface area (Å²) in [6, 6.07) is 2.61. The van der Waals surface area contributed by atoms with E-state index in [1.54, 1.807) is 11.3 Å². The van der Waals surface area contributed by atoms with Crippen molar-refractivity contribution < 1.29 is 0 Å². The Balaban J connectivity index is 1.80. The topological polar surface area (TPSA) is 50.4 Å². The minimum atomic E-state index is 0.529. The lowest BCUT2D eigenvalue weighted by atomic mass is 9.96. The van der Waals surface area contributed by atoms with Gasteiger partial charge in [-0.1, -0.05) is 19.3 Å². The maximum atomic E-state index is 5.89. The summed E-state index contributed by atoms with van der Waals surface area (Å²) in [5, 5.41) is 5.41. The highest BCUT2D eigenvalue weighted by Gasteiger charge is 2.13. The van der Waals surface area contributed by atoms with Crippen molar-refractivity contribution in [2.75, 3.05) is 0 Å². The number of thiophene rings is 1. The van der Waals surface area contributed by atoms with Gasteiger partial charge in [-0.25, -0.2) is 4.99 Å². The third-order valence-corrected chi connectivity index (χ3v) is 4.56. The number of hydrogen-bond donors (Lipinski definition) is 2. The molecular formula is C12H18BrN3S.